The number of Topliss-reactive ketones (excluding diaryl/α,β-unsaturated/α-hetero) is 1. The van der Waals surface area contributed by atoms with Crippen LogP contribution in [0.15, 0.2) is 11.6 Å². The summed E-state index contributed by atoms with van der Waals surface area (Å²) in [6, 6.07) is 0. The Labute approximate surface area is 160 Å². The van der Waals surface area contributed by atoms with Crippen LogP contribution in [0.3, 0.4) is 0 Å². The minimum atomic E-state index is -0.991. The lowest BCUT2D eigenvalue weighted by Gasteiger charge is -2.58. The van der Waals surface area contributed by atoms with E-state index in [1.807, 2.05) is 0 Å². The van der Waals surface area contributed by atoms with Gasteiger partial charge in [0.2, 0.25) is 0 Å². The molecule has 4 rings (SSSR count). The second-order valence-corrected chi connectivity index (χ2v) is 9.42. The molecule has 27 heavy (non-hydrogen) atoms. The smallest absolute Gasteiger partial charge is 0.303 e. The summed E-state index contributed by atoms with van der Waals surface area (Å²) < 4.78 is 11.9. The van der Waals surface area contributed by atoms with Gasteiger partial charge in [0.05, 0.1) is 5.60 Å². The Morgan fingerprint density at radius 2 is 1.81 bits per heavy atom. The molecule has 148 valence electrons. The number of ether oxygens (including phenoxy) is 2. The zero-order valence-electron chi connectivity index (χ0n) is 16.8. The molecule has 3 saturated carbocycles. The lowest BCUT2D eigenvalue weighted by atomic mass is 9.50. The van der Waals surface area contributed by atoms with Crippen LogP contribution in [-0.4, -0.2) is 35.3 Å². The number of hydrogen-bond donors (Lipinski definition) is 0. The highest BCUT2D eigenvalue weighted by Gasteiger charge is 2.68. The molecule has 3 aliphatic carbocycles. The monoisotopic (exact) mass is 374 g/mol. The Bertz CT molecular complexity index is 739. The van der Waals surface area contributed by atoms with Crippen molar-refractivity contribution >= 4 is 17.5 Å². The van der Waals surface area contributed by atoms with E-state index in [0.717, 1.165) is 37.7 Å². The Hall–Kier alpha value is -1.49. The maximum absolute atomic E-state index is 12.7. The van der Waals surface area contributed by atoms with Gasteiger partial charge in [-0.2, -0.15) is 0 Å². The molecule has 6 atom stereocenters. The van der Waals surface area contributed by atoms with Crippen LogP contribution in [0.4, 0.5) is 0 Å². The maximum Gasteiger partial charge on any atom is 0.303 e. The van der Waals surface area contributed by atoms with E-state index < -0.39 is 5.60 Å². The molecule has 0 aromatic heterocycles. The molecule has 0 N–H and O–H groups in total. The number of carbonyl (C=O) groups excluding carboxylic acids is 3. The summed E-state index contributed by atoms with van der Waals surface area (Å²) in [6.45, 7) is 7.43. The van der Waals surface area contributed by atoms with Gasteiger partial charge in [-0.05, 0) is 81.8 Å². The predicted molar refractivity (Wildman–Crippen MR) is 98.9 cm³/mol. The first-order chi connectivity index (χ1) is 12.6. The zero-order valence-corrected chi connectivity index (χ0v) is 16.8. The molecule has 0 unspecified atom stereocenters. The summed E-state index contributed by atoms with van der Waals surface area (Å²) in [4.78, 5) is 36.4. The van der Waals surface area contributed by atoms with Crippen LogP contribution in [0, 0.1) is 23.2 Å². The number of carbonyl (C=O) groups is 3. The fourth-order valence-electron chi connectivity index (χ4n) is 7.12. The van der Waals surface area contributed by atoms with Gasteiger partial charge in [-0.15, -0.1) is 0 Å². The van der Waals surface area contributed by atoms with Crippen molar-refractivity contribution in [1.29, 1.82) is 0 Å². The van der Waals surface area contributed by atoms with E-state index in [9.17, 15) is 14.4 Å². The van der Waals surface area contributed by atoms with Gasteiger partial charge in [-0.3, -0.25) is 14.4 Å². The Morgan fingerprint density at radius 1 is 1.11 bits per heavy atom. The third kappa shape index (κ3) is 2.43. The summed E-state index contributed by atoms with van der Waals surface area (Å²) in [5.41, 5.74) is -0.552. The van der Waals surface area contributed by atoms with Gasteiger partial charge in [0.15, 0.2) is 17.2 Å². The highest BCUT2D eigenvalue weighted by Crippen LogP contribution is 2.66. The highest BCUT2D eigenvalue weighted by atomic mass is 16.6. The summed E-state index contributed by atoms with van der Waals surface area (Å²) in [5.74, 6) is 0.777. The van der Waals surface area contributed by atoms with Crippen LogP contribution in [0.1, 0.15) is 66.2 Å². The van der Waals surface area contributed by atoms with Crippen LogP contribution in [0.25, 0.3) is 0 Å². The molecule has 0 saturated heterocycles. The maximum atomic E-state index is 12.7. The second-order valence-electron chi connectivity index (χ2n) is 9.42. The standard InChI is InChI=1S/C22H30O5/c1-13(23)22(27-14(2)24)10-8-18-17-6-5-15-11-16(25)12-26-21(15,4)19(17)7-9-20(18,22)3/h11,17-19H,5-10,12H2,1-4H3/t17-,18-,19-,20-,21-,22-/m0/s1. The fourth-order valence-corrected chi connectivity index (χ4v) is 7.12. The van der Waals surface area contributed by atoms with E-state index in [-0.39, 0.29) is 35.2 Å². The molecule has 1 aliphatic heterocycles. The van der Waals surface area contributed by atoms with Crippen LogP contribution < -0.4 is 0 Å². The molecule has 0 aromatic rings. The molecule has 1 heterocycles. The summed E-state index contributed by atoms with van der Waals surface area (Å²) in [5, 5.41) is 0. The number of esters is 1. The highest BCUT2D eigenvalue weighted by molar-refractivity contribution is 5.92. The van der Waals surface area contributed by atoms with Gasteiger partial charge in [0.25, 0.3) is 0 Å². The molecule has 0 radical (unpaired) electrons. The first-order valence-electron chi connectivity index (χ1n) is 10.2. The predicted octanol–water partition coefficient (Wildman–Crippen LogP) is 3.40. The Morgan fingerprint density at radius 3 is 2.48 bits per heavy atom. The quantitative estimate of drug-likeness (QED) is 0.693. The number of hydrogen-bond acceptors (Lipinski definition) is 5. The van der Waals surface area contributed by atoms with E-state index in [4.69, 9.17) is 9.47 Å². The first kappa shape index (κ1) is 18.9. The van der Waals surface area contributed by atoms with Crippen molar-refractivity contribution in [2.24, 2.45) is 23.2 Å². The van der Waals surface area contributed by atoms with Gasteiger partial charge in [-0.25, -0.2) is 0 Å². The average molecular weight is 374 g/mol. The van der Waals surface area contributed by atoms with E-state index in [2.05, 4.69) is 13.8 Å². The van der Waals surface area contributed by atoms with Crippen LogP contribution >= 0.6 is 0 Å². The van der Waals surface area contributed by atoms with Crippen LogP contribution in [-0.2, 0) is 23.9 Å². The first-order valence-corrected chi connectivity index (χ1v) is 10.2. The van der Waals surface area contributed by atoms with Crippen molar-refractivity contribution in [1.82, 2.24) is 0 Å². The van der Waals surface area contributed by atoms with Crippen LogP contribution in [0.5, 0.6) is 0 Å². The van der Waals surface area contributed by atoms with E-state index in [1.165, 1.54) is 6.92 Å². The molecule has 0 amide bonds. The van der Waals surface area contributed by atoms with Crippen LogP contribution in [0.2, 0.25) is 0 Å². The largest absolute Gasteiger partial charge is 0.451 e. The molecule has 5 heteroatoms. The lowest BCUT2D eigenvalue weighted by molar-refractivity contribution is -0.192. The molecule has 4 aliphatic rings. The summed E-state index contributed by atoms with van der Waals surface area (Å²) in [6.07, 6.45) is 6.97. The lowest BCUT2D eigenvalue weighted by Crippen LogP contribution is -2.60. The molecular weight excluding hydrogens is 344 g/mol. The van der Waals surface area contributed by atoms with Gasteiger partial charge >= 0.3 is 5.97 Å². The third-order valence-corrected chi connectivity index (χ3v) is 8.38. The molecule has 0 bridgehead atoms. The summed E-state index contributed by atoms with van der Waals surface area (Å²) in [7, 11) is 0. The second kappa shape index (κ2) is 6.00. The van der Waals surface area contributed by atoms with Crippen molar-refractivity contribution in [3.05, 3.63) is 11.6 Å². The fraction of sp³-hybridized carbons (Fsp3) is 0.773. The zero-order chi connectivity index (χ0) is 19.6. The number of fused-ring (bicyclic) bond motifs is 5. The van der Waals surface area contributed by atoms with Crippen molar-refractivity contribution in [2.45, 2.75) is 77.4 Å². The third-order valence-electron chi connectivity index (χ3n) is 8.38. The van der Waals surface area contributed by atoms with Gasteiger partial charge in [0.1, 0.15) is 6.61 Å². The normalized spacial score (nSPS) is 46.0. The van der Waals surface area contributed by atoms with Crippen molar-refractivity contribution in [3.63, 3.8) is 0 Å². The number of rotatable bonds is 2. The van der Waals surface area contributed by atoms with Crippen molar-refractivity contribution in [3.8, 4) is 0 Å². The molecule has 0 aromatic carbocycles. The van der Waals surface area contributed by atoms with Gasteiger partial charge in [-0.1, -0.05) is 6.92 Å². The molecule has 5 nitrogen and oxygen atoms in total. The average Bonchev–Trinajstić information content (AvgIpc) is 2.89. The Kier molecular flexibility index (Phi) is 4.19. The van der Waals surface area contributed by atoms with E-state index in [0.29, 0.717) is 24.2 Å². The van der Waals surface area contributed by atoms with E-state index >= 15 is 0 Å². The molecular formula is C22H30O5. The van der Waals surface area contributed by atoms with E-state index in [1.54, 1.807) is 13.0 Å². The molecule has 3 fully saturated rings. The minimum absolute atomic E-state index is 0.0248. The SMILES string of the molecule is CC(=O)O[C@]1(C(C)=O)CC[C@H]2[C@@H]3CCC4=CC(=O)CO[C@]4(C)[C@H]3CC[C@@]21C. The molecule has 0 spiro atoms. The summed E-state index contributed by atoms with van der Waals surface area (Å²) >= 11 is 0. The van der Waals surface area contributed by atoms with Gasteiger partial charge < -0.3 is 9.47 Å². The van der Waals surface area contributed by atoms with Crippen molar-refractivity contribution in [2.75, 3.05) is 6.61 Å². The topological polar surface area (TPSA) is 69.7 Å². The number of ketones is 2. The van der Waals surface area contributed by atoms with Gasteiger partial charge in [0, 0.05) is 12.3 Å². The minimum Gasteiger partial charge on any atom is -0.451 e. The van der Waals surface area contributed by atoms with Crippen molar-refractivity contribution < 1.29 is 23.9 Å². The Balaban J connectivity index is 1.70.